The van der Waals surface area contributed by atoms with Crippen LogP contribution in [0.4, 0.5) is 5.82 Å². The summed E-state index contributed by atoms with van der Waals surface area (Å²) < 4.78 is 5.74. The number of nitrogens with one attached hydrogen (secondary N) is 1. The zero-order valence-corrected chi connectivity index (χ0v) is 12.9. The van der Waals surface area contributed by atoms with Crippen molar-refractivity contribution in [2.24, 2.45) is 5.92 Å². The molecular formula is C15H27N3O. The summed E-state index contributed by atoms with van der Waals surface area (Å²) in [7, 11) is 0. The molecule has 1 aromatic rings. The van der Waals surface area contributed by atoms with Crippen LogP contribution in [0.25, 0.3) is 0 Å². The Bertz CT molecular complexity index is 378. The third-order valence-corrected chi connectivity index (χ3v) is 2.74. The normalized spacial score (nSPS) is 11.1. The highest BCUT2D eigenvalue weighted by molar-refractivity contribution is 5.38. The van der Waals surface area contributed by atoms with Crippen molar-refractivity contribution in [3.63, 3.8) is 0 Å². The van der Waals surface area contributed by atoms with Crippen LogP contribution >= 0.6 is 0 Å². The van der Waals surface area contributed by atoms with E-state index >= 15 is 0 Å². The van der Waals surface area contributed by atoms with Gasteiger partial charge in [-0.15, -0.1) is 0 Å². The summed E-state index contributed by atoms with van der Waals surface area (Å²) in [4.78, 5) is 8.98. The first-order chi connectivity index (χ1) is 9.02. The van der Waals surface area contributed by atoms with Gasteiger partial charge >= 0.3 is 0 Å². The van der Waals surface area contributed by atoms with Crippen LogP contribution < -0.4 is 10.1 Å². The number of hydrogen-bond donors (Lipinski definition) is 1. The fourth-order valence-corrected chi connectivity index (χ4v) is 1.52. The Morgan fingerprint density at radius 3 is 2.53 bits per heavy atom. The molecule has 0 bridgehead atoms. The molecule has 0 aliphatic carbocycles. The Hall–Kier alpha value is -1.32. The molecule has 0 amide bonds. The van der Waals surface area contributed by atoms with Crippen LogP contribution in [-0.2, 0) is 0 Å². The number of anilines is 1. The molecule has 4 nitrogen and oxygen atoms in total. The highest BCUT2D eigenvalue weighted by Gasteiger charge is 2.09. The van der Waals surface area contributed by atoms with E-state index < -0.39 is 0 Å². The summed E-state index contributed by atoms with van der Waals surface area (Å²) in [5.74, 6) is 3.32. The van der Waals surface area contributed by atoms with Crippen LogP contribution in [0, 0.1) is 5.92 Å². The predicted molar refractivity (Wildman–Crippen MR) is 79.9 cm³/mol. The number of rotatable bonds is 8. The van der Waals surface area contributed by atoms with Gasteiger partial charge in [0, 0.05) is 18.5 Å². The SMILES string of the molecule is CCCNc1cc(OCCC(C)C)nc(C(C)C)n1. The fourth-order valence-electron chi connectivity index (χ4n) is 1.52. The van der Waals surface area contributed by atoms with E-state index in [1.165, 1.54) is 0 Å². The van der Waals surface area contributed by atoms with Gasteiger partial charge in [-0.1, -0.05) is 34.6 Å². The summed E-state index contributed by atoms with van der Waals surface area (Å²) in [6.07, 6.45) is 2.11. The lowest BCUT2D eigenvalue weighted by Crippen LogP contribution is -2.09. The van der Waals surface area contributed by atoms with E-state index in [-0.39, 0.29) is 0 Å². The highest BCUT2D eigenvalue weighted by atomic mass is 16.5. The lowest BCUT2D eigenvalue weighted by molar-refractivity contribution is 0.278. The van der Waals surface area contributed by atoms with Crippen LogP contribution in [0.2, 0.25) is 0 Å². The summed E-state index contributed by atoms with van der Waals surface area (Å²) in [5.41, 5.74) is 0. The quantitative estimate of drug-likeness (QED) is 0.775. The molecule has 1 aromatic heterocycles. The topological polar surface area (TPSA) is 47.0 Å². The minimum atomic E-state index is 0.302. The van der Waals surface area contributed by atoms with Gasteiger partial charge in [0.15, 0.2) is 0 Å². The van der Waals surface area contributed by atoms with Gasteiger partial charge in [-0.25, -0.2) is 4.98 Å². The molecule has 4 heteroatoms. The van der Waals surface area contributed by atoms with Crippen LogP contribution in [0.1, 0.15) is 59.2 Å². The van der Waals surface area contributed by atoms with E-state index in [1.807, 2.05) is 6.07 Å². The maximum Gasteiger partial charge on any atom is 0.218 e. The Balaban J connectivity index is 2.74. The molecule has 0 aliphatic rings. The average molecular weight is 265 g/mol. The smallest absolute Gasteiger partial charge is 0.218 e. The third kappa shape index (κ3) is 5.90. The zero-order chi connectivity index (χ0) is 14.3. The van der Waals surface area contributed by atoms with Crippen molar-refractivity contribution in [2.45, 2.75) is 53.4 Å². The Kier molecular flexibility index (Phi) is 6.60. The van der Waals surface area contributed by atoms with E-state index in [9.17, 15) is 0 Å². The molecular weight excluding hydrogens is 238 g/mol. The van der Waals surface area contributed by atoms with Gasteiger partial charge < -0.3 is 10.1 Å². The average Bonchev–Trinajstić information content (AvgIpc) is 2.35. The van der Waals surface area contributed by atoms with E-state index in [2.05, 4.69) is 49.9 Å². The zero-order valence-electron chi connectivity index (χ0n) is 12.9. The molecule has 1 heterocycles. The summed E-state index contributed by atoms with van der Waals surface area (Å²) in [6, 6.07) is 1.89. The van der Waals surface area contributed by atoms with E-state index in [1.54, 1.807) is 0 Å². The van der Waals surface area contributed by atoms with Gasteiger partial charge in [-0.05, 0) is 18.8 Å². The maximum atomic E-state index is 5.74. The van der Waals surface area contributed by atoms with E-state index in [4.69, 9.17) is 4.74 Å². The molecule has 0 aliphatic heterocycles. The number of aromatic nitrogens is 2. The van der Waals surface area contributed by atoms with E-state index in [0.29, 0.717) is 24.3 Å². The summed E-state index contributed by atoms with van der Waals surface area (Å²) in [5, 5.41) is 3.30. The van der Waals surface area contributed by atoms with Crippen molar-refractivity contribution >= 4 is 5.82 Å². The molecule has 0 saturated heterocycles. The van der Waals surface area contributed by atoms with Crippen molar-refractivity contribution in [3.8, 4) is 5.88 Å². The van der Waals surface area contributed by atoms with Crippen molar-refractivity contribution in [2.75, 3.05) is 18.5 Å². The number of nitrogens with zero attached hydrogens (tertiary/aromatic N) is 2. The highest BCUT2D eigenvalue weighted by Crippen LogP contribution is 2.19. The molecule has 108 valence electrons. The lowest BCUT2D eigenvalue weighted by Gasteiger charge is -2.12. The van der Waals surface area contributed by atoms with Crippen molar-refractivity contribution in [1.82, 2.24) is 9.97 Å². The minimum Gasteiger partial charge on any atom is -0.478 e. The monoisotopic (exact) mass is 265 g/mol. The maximum absolute atomic E-state index is 5.74. The Morgan fingerprint density at radius 2 is 1.95 bits per heavy atom. The second-order valence-electron chi connectivity index (χ2n) is 5.56. The summed E-state index contributed by atoms with van der Waals surface area (Å²) in [6.45, 7) is 12.3. The second-order valence-corrected chi connectivity index (χ2v) is 5.56. The Morgan fingerprint density at radius 1 is 1.21 bits per heavy atom. The standard InChI is InChI=1S/C15H27N3O/c1-6-8-16-13-10-14(19-9-7-11(2)3)18-15(17-13)12(4)5/h10-12H,6-9H2,1-5H3,(H,16,17,18). The lowest BCUT2D eigenvalue weighted by atomic mass is 10.1. The van der Waals surface area contributed by atoms with Gasteiger partial charge in [-0.3, -0.25) is 0 Å². The largest absolute Gasteiger partial charge is 0.478 e. The fraction of sp³-hybridized carbons (Fsp3) is 0.733. The second kappa shape index (κ2) is 7.97. The van der Waals surface area contributed by atoms with Gasteiger partial charge in [-0.2, -0.15) is 4.98 Å². The van der Waals surface area contributed by atoms with Crippen LogP contribution in [0.5, 0.6) is 5.88 Å². The van der Waals surface area contributed by atoms with Gasteiger partial charge in [0.05, 0.1) is 6.61 Å². The Labute approximate surface area is 117 Å². The van der Waals surface area contributed by atoms with Gasteiger partial charge in [0.2, 0.25) is 5.88 Å². The van der Waals surface area contributed by atoms with Crippen LogP contribution in [0.15, 0.2) is 6.07 Å². The molecule has 0 atom stereocenters. The molecule has 0 saturated carbocycles. The first-order valence-corrected chi connectivity index (χ1v) is 7.28. The molecule has 19 heavy (non-hydrogen) atoms. The first-order valence-electron chi connectivity index (χ1n) is 7.28. The molecule has 0 aromatic carbocycles. The first kappa shape index (κ1) is 15.7. The van der Waals surface area contributed by atoms with Gasteiger partial charge in [0.1, 0.15) is 11.6 Å². The third-order valence-electron chi connectivity index (χ3n) is 2.74. The molecule has 0 unspecified atom stereocenters. The van der Waals surface area contributed by atoms with Crippen molar-refractivity contribution in [3.05, 3.63) is 11.9 Å². The van der Waals surface area contributed by atoms with Crippen molar-refractivity contribution < 1.29 is 4.74 Å². The molecule has 0 spiro atoms. The van der Waals surface area contributed by atoms with Crippen LogP contribution in [0.3, 0.4) is 0 Å². The number of ether oxygens (including phenoxy) is 1. The molecule has 0 radical (unpaired) electrons. The minimum absolute atomic E-state index is 0.302. The predicted octanol–water partition coefficient (Wildman–Crippen LogP) is 3.85. The van der Waals surface area contributed by atoms with Gasteiger partial charge in [0.25, 0.3) is 0 Å². The van der Waals surface area contributed by atoms with Crippen molar-refractivity contribution in [1.29, 1.82) is 0 Å². The van der Waals surface area contributed by atoms with E-state index in [0.717, 1.165) is 31.0 Å². The molecule has 1 rings (SSSR count). The number of hydrogen-bond acceptors (Lipinski definition) is 4. The summed E-state index contributed by atoms with van der Waals surface area (Å²) >= 11 is 0. The molecule has 0 fully saturated rings. The van der Waals surface area contributed by atoms with Crippen LogP contribution in [-0.4, -0.2) is 23.1 Å². The molecule has 1 N–H and O–H groups in total.